The Bertz CT molecular complexity index is 138. The van der Waals surface area contributed by atoms with Crippen LogP contribution in [0.5, 0.6) is 0 Å². The van der Waals surface area contributed by atoms with Gasteiger partial charge in [-0.2, -0.15) is 0 Å². The molecule has 0 unspecified atom stereocenters. The SMILES string of the molecule is CCS(=O)(=O)CCI. The molecule has 0 aliphatic heterocycles. The number of alkyl halides is 1. The molecule has 0 aromatic heterocycles. The third kappa shape index (κ3) is 3.65. The summed E-state index contributed by atoms with van der Waals surface area (Å²) in [5.41, 5.74) is 0. The summed E-state index contributed by atoms with van der Waals surface area (Å²) in [4.78, 5) is 0. The van der Waals surface area contributed by atoms with Crippen molar-refractivity contribution in [2.75, 3.05) is 15.9 Å². The Hall–Kier alpha value is 0.680. The van der Waals surface area contributed by atoms with E-state index in [4.69, 9.17) is 0 Å². The third-order valence-electron chi connectivity index (χ3n) is 0.828. The molecule has 0 radical (unpaired) electrons. The Morgan fingerprint density at radius 1 is 1.50 bits per heavy atom. The van der Waals surface area contributed by atoms with E-state index in [0.717, 1.165) is 0 Å². The molecule has 0 saturated heterocycles. The lowest BCUT2D eigenvalue weighted by Gasteiger charge is -1.92. The van der Waals surface area contributed by atoms with Crippen LogP contribution in [0.2, 0.25) is 0 Å². The van der Waals surface area contributed by atoms with Gasteiger partial charge in [0.25, 0.3) is 0 Å². The van der Waals surface area contributed by atoms with E-state index in [2.05, 4.69) is 22.6 Å². The van der Waals surface area contributed by atoms with Gasteiger partial charge in [0, 0.05) is 10.2 Å². The lowest BCUT2D eigenvalue weighted by atomic mass is 11.0. The van der Waals surface area contributed by atoms with Crippen molar-refractivity contribution in [3.05, 3.63) is 0 Å². The first-order chi connectivity index (χ1) is 3.62. The molecular formula is C4H9IO2S. The molecule has 0 aliphatic rings. The summed E-state index contributed by atoms with van der Waals surface area (Å²) in [6.45, 7) is 1.67. The summed E-state index contributed by atoms with van der Waals surface area (Å²) in [6.07, 6.45) is 0. The van der Waals surface area contributed by atoms with Crippen molar-refractivity contribution in [2.45, 2.75) is 6.92 Å². The van der Waals surface area contributed by atoms with Gasteiger partial charge in [-0.05, 0) is 0 Å². The van der Waals surface area contributed by atoms with E-state index in [-0.39, 0.29) is 5.75 Å². The average Bonchev–Trinajstić information content (AvgIpc) is 1.67. The minimum Gasteiger partial charge on any atom is -0.229 e. The van der Waals surface area contributed by atoms with Gasteiger partial charge in [0.1, 0.15) is 0 Å². The largest absolute Gasteiger partial charge is 0.229 e. The Kier molecular flexibility index (Phi) is 3.97. The summed E-state index contributed by atoms with van der Waals surface area (Å²) in [5.74, 6) is 0.597. The molecule has 0 heterocycles. The predicted octanol–water partition coefficient (Wildman–Crippen LogP) is 0.856. The first-order valence-corrected chi connectivity index (χ1v) is 5.73. The zero-order chi connectivity index (χ0) is 6.62. The standard InChI is InChI=1S/C4H9IO2S/c1-2-8(6,7)4-3-5/h2-4H2,1H3. The Labute approximate surface area is 63.7 Å². The fraction of sp³-hybridized carbons (Fsp3) is 1.00. The van der Waals surface area contributed by atoms with Crippen LogP contribution in [-0.2, 0) is 9.84 Å². The van der Waals surface area contributed by atoms with Gasteiger partial charge in [0.15, 0.2) is 9.84 Å². The van der Waals surface area contributed by atoms with Crippen molar-refractivity contribution in [1.29, 1.82) is 0 Å². The van der Waals surface area contributed by atoms with Crippen LogP contribution in [0.25, 0.3) is 0 Å². The van der Waals surface area contributed by atoms with Crippen LogP contribution in [0.15, 0.2) is 0 Å². The maximum absolute atomic E-state index is 10.6. The summed E-state index contributed by atoms with van der Waals surface area (Å²) in [7, 11) is -2.68. The zero-order valence-corrected chi connectivity index (χ0v) is 7.70. The van der Waals surface area contributed by atoms with E-state index in [9.17, 15) is 8.42 Å². The highest BCUT2D eigenvalue weighted by atomic mass is 127. The molecular weight excluding hydrogens is 239 g/mol. The molecule has 2 nitrogen and oxygen atoms in total. The predicted molar refractivity (Wildman–Crippen MR) is 43.2 cm³/mol. The first kappa shape index (κ1) is 8.68. The second kappa shape index (κ2) is 3.66. The highest BCUT2D eigenvalue weighted by Gasteiger charge is 2.03. The highest BCUT2D eigenvalue weighted by molar-refractivity contribution is 14.1. The average molecular weight is 248 g/mol. The van der Waals surface area contributed by atoms with Crippen molar-refractivity contribution in [1.82, 2.24) is 0 Å². The minimum atomic E-state index is -2.68. The molecule has 0 spiro atoms. The molecule has 0 fully saturated rings. The molecule has 50 valence electrons. The zero-order valence-electron chi connectivity index (χ0n) is 4.72. The van der Waals surface area contributed by atoms with E-state index in [0.29, 0.717) is 10.2 Å². The van der Waals surface area contributed by atoms with Crippen LogP contribution in [0.3, 0.4) is 0 Å². The van der Waals surface area contributed by atoms with Crippen LogP contribution >= 0.6 is 22.6 Å². The van der Waals surface area contributed by atoms with Crippen molar-refractivity contribution in [2.24, 2.45) is 0 Å². The van der Waals surface area contributed by atoms with Gasteiger partial charge >= 0.3 is 0 Å². The van der Waals surface area contributed by atoms with Gasteiger partial charge in [-0.3, -0.25) is 0 Å². The first-order valence-electron chi connectivity index (χ1n) is 2.39. The molecule has 0 bridgehead atoms. The van der Waals surface area contributed by atoms with E-state index < -0.39 is 9.84 Å². The lowest BCUT2D eigenvalue weighted by Crippen LogP contribution is -2.08. The van der Waals surface area contributed by atoms with Gasteiger partial charge in [-0.1, -0.05) is 29.5 Å². The summed E-state index contributed by atoms with van der Waals surface area (Å²) in [6, 6.07) is 0. The summed E-state index contributed by atoms with van der Waals surface area (Å²) >= 11 is 2.06. The molecule has 8 heavy (non-hydrogen) atoms. The Morgan fingerprint density at radius 2 is 2.00 bits per heavy atom. The molecule has 0 N–H and O–H groups in total. The maximum atomic E-state index is 10.6. The fourth-order valence-electron chi connectivity index (χ4n) is 0.262. The minimum absolute atomic E-state index is 0.274. The van der Waals surface area contributed by atoms with Crippen LogP contribution in [0, 0.1) is 0 Å². The van der Waals surface area contributed by atoms with E-state index in [1.54, 1.807) is 6.92 Å². The van der Waals surface area contributed by atoms with Gasteiger partial charge < -0.3 is 0 Å². The summed E-state index contributed by atoms with van der Waals surface area (Å²) in [5, 5.41) is 0. The number of hydrogen-bond donors (Lipinski definition) is 0. The second-order valence-electron chi connectivity index (χ2n) is 1.43. The van der Waals surface area contributed by atoms with Crippen LogP contribution in [-0.4, -0.2) is 24.4 Å². The molecule has 0 aromatic carbocycles. The topological polar surface area (TPSA) is 34.1 Å². The van der Waals surface area contributed by atoms with Gasteiger partial charge in [-0.15, -0.1) is 0 Å². The summed E-state index contributed by atoms with van der Waals surface area (Å²) < 4.78 is 21.9. The van der Waals surface area contributed by atoms with Gasteiger partial charge in [0.2, 0.25) is 0 Å². The molecule has 0 atom stereocenters. The molecule has 0 aromatic rings. The second-order valence-corrected chi connectivity index (χ2v) is 4.98. The van der Waals surface area contributed by atoms with Crippen molar-refractivity contribution in [3.8, 4) is 0 Å². The van der Waals surface area contributed by atoms with Crippen LogP contribution in [0.4, 0.5) is 0 Å². The van der Waals surface area contributed by atoms with Crippen LogP contribution in [0.1, 0.15) is 6.92 Å². The Balaban J connectivity index is 3.76. The van der Waals surface area contributed by atoms with Crippen LogP contribution < -0.4 is 0 Å². The van der Waals surface area contributed by atoms with E-state index in [1.807, 2.05) is 0 Å². The molecule has 4 heteroatoms. The number of halogens is 1. The number of hydrogen-bond acceptors (Lipinski definition) is 2. The smallest absolute Gasteiger partial charge is 0.150 e. The van der Waals surface area contributed by atoms with Crippen molar-refractivity contribution >= 4 is 32.4 Å². The highest BCUT2D eigenvalue weighted by Crippen LogP contribution is 1.91. The third-order valence-corrected chi connectivity index (χ3v) is 3.81. The number of rotatable bonds is 3. The Morgan fingerprint density at radius 3 is 2.12 bits per heavy atom. The fourth-order valence-corrected chi connectivity index (χ4v) is 2.80. The molecule has 0 rings (SSSR count). The lowest BCUT2D eigenvalue weighted by molar-refractivity contribution is 0.599. The number of sulfone groups is 1. The van der Waals surface area contributed by atoms with Gasteiger partial charge in [-0.25, -0.2) is 8.42 Å². The van der Waals surface area contributed by atoms with Crippen molar-refractivity contribution in [3.63, 3.8) is 0 Å². The monoisotopic (exact) mass is 248 g/mol. The molecule has 0 aliphatic carbocycles. The van der Waals surface area contributed by atoms with E-state index in [1.165, 1.54) is 0 Å². The quantitative estimate of drug-likeness (QED) is 0.548. The van der Waals surface area contributed by atoms with Gasteiger partial charge in [0.05, 0.1) is 5.75 Å². The maximum Gasteiger partial charge on any atom is 0.150 e. The molecule has 0 saturated carbocycles. The van der Waals surface area contributed by atoms with Crippen molar-refractivity contribution < 1.29 is 8.42 Å². The van der Waals surface area contributed by atoms with E-state index >= 15 is 0 Å². The normalized spacial score (nSPS) is 11.8. The molecule has 0 amide bonds.